The fourth-order valence-electron chi connectivity index (χ4n) is 5.60. The van der Waals surface area contributed by atoms with E-state index in [0.29, 0.717) is 0 Å². The molecule has 2 atom stereocenters. The van der Waals surface area contributed by atoms with Gasteiger partial charge in [-0.2, -0.15) is 0 Å². The van der Waals surface area contributed by atoms with Crippen molar-refractivity contribution in [3.05, 3.63) is 51.1 Å². The number of methoxy groups -OCH3 is 2. The van der Waals surface area contributed by atoms with Gasteiger partial charge in [-0.25, -0.2) is 0 Å². The van der Waals surface area contributed by atoms with Gasteiger partial charge in [0.1, 0.15) is 11.9 Å². The summed E-state index contributed by atoms with van der Waals surface area (Å²) in [6.45, 7) is 3.33. The molecule has 27 heavy (non-hydrogen) atoms. The van der Waals surface area contributed by atoms with Crippen LogP contribution in [0.25, 0.3) is 6.08 Å². The molecule has 1 spiro atoms. The zero-order valence-corrected chi connectivity index (χ0v) is 16.7. The Hall–Kier alpha value is -1.78. The number of H-pyrrole nitrogens is 1. The topological polar surface area (TPSA) is 46.3 Å². The molecular weight excluding hydrogens is 336 g/mol. The molecular formula is C23H30N2O2. The number of aromatic amines is 1. The van der Waals surface area contributed by atoms with Gasteiger partial charge in [-0.3, -0.25) is 0 Å². The zero-order chi connectivity index (χ0) is 18.6. The molecule has 0 bridgehead atoms. The molecule has 0 fully saturated rings. The summed E-state index contributed by atoms with van der Waals surface area (Å²) in [7, 11) is 3.54. The van der Waals surface area contributed by atoms with Crippen LogP contribution in [0.2, 0.25) is 0 Å². The molecule has 2 heterocycles. The van der Waals surface area contributed by atoms with Crippen LogP contribution < -0.4 is 5.32 Å². The Bertz CT molecular complexity index is 873. The van der Waals surface area contributed by atoms with Gasteiger partial charge in [0.2, 0.25) is 0 Å². The first kappa shape index (κ1) is 17.3. The normalized spacial score (nSPS) is 29.7. The quantitative estimate of drug-likeness (QED) is 0.827. The molecule has 5 rings (SSSR count). The summed E-state index contributed by atoms with van der Waals surface area (Å²) >= 11 is 0. The molecule has 0 saturated heterocycles. The van der Waals surface area contributed by atoms with Crippen LogP contribution in [0.1, 0.15) is 61.5 Å². The maximum atomic E-state index is 5.65. The van der Waals surface area contributed by atoms with Crippen LogP contribution in [0.4, 0.5) is 0 Å². The van der Waals surface area contributed by atoms with Crippen LogP contribution in [0.15, 0.2) is 28.6 Å². The maximum absolute atomic E-state index is 5.65. The largest absolute Gasteiger partial charge is 0.498 e. The SMILES string of the molecule is COC1=CC2=C(CCC3(C2)NCCc2c3[nH]c3c2C=C(C)CC3)CC1OC. The van der Waals surface area contributed by atoms with Crippen molar-refractivity contribution in [1.82, 2.24) is 10.3 Å². The van der Waals surface area contributed by atoms with Crippen LogP contribution >= 0.6 is 0 Å². The van der Waals surface area contributed by atoms with Gasteiger partial charge in [0, 0.05) is 31.5 Å². The highest BCUT2D eigenvalue weighted by Crippen LogP contribution is 2.48. The fourth-order valence-corrected chi connectivity index (χ4v) is 5.60. The van der Waals surface area contributed by atoms with Crippen molar-refractivity contribution in [2.75, 3.05) is 20.8 Å². The Morgan fingerprint density at radius 3 is 2.81 bits per heavy atom. The summed E-state index contributed by atoms with van der Waals surface area (Å²) in [5, 5.41) is 3.91. The third-order valence-corrected chi connectivity index (χ3v) is 7.09. The van der Waals surface area contributed by atoms with Crippen LogP contribution in [0.3, 0.4) is 0 Å². The van der Waals surface area contributed by atoms with Crippen molar-refractivity contribution in [3.63, 3.8) is 0 Å². The molecule has 0 saturated carbocycles. The molecule has 0 amide bonds. The van der Waals surface area contributed by atoms with Crippen molar-refractivity contribution < 1.29 is 9.47 Å². The minimum Gasteiger partial charge on any atom is -0.498 e. The number of hydrogen-bond acceptors (Lipinski definition) is 3. The highest BCUT2D eigenvalue weighted by Gasteiger charge is 2.43. The van der Waals surface area contributed by atoms with Gasteiger partial charge in [0.15, 0.2) is 0 Å². The van der Waals surface area contributed by atoms with E-state index in [0.717, 1.165) is 50.8 Å². The molecule has 2 unspecified atom stereocenters. The number of nitrogens with one attached hydrogen (secondary N) is 2. The fraction of sp³-hybridized carbons (Fsp3) is 0.565. The van der Waals surface area contributed by atoms with Gasteiger partial charge in [0.25, 0.3) is 0 Å². The van der Waals surface area contributed by atoms with Crippen molar-refractivity contribution in [1.29, 1.82) is 0 Å². The molecule has 2 N–H and O–H groups in total. The lowest BCUT2D eigenvalue weighted by Gasteiger charge is -2.44. The molecule has 1 aromatic rings. The van der Waals surface area contributed by atoms with E-state index in [1.54, 1.807) is 25.4 Å². The molecule has 1 aliphatic heterocycles. The summed E-state index contributed by atoms with van der Waals surface area (Å²) in [6, 6.07) is 0. The molecule has 3 aliphatic carbocycles. The lowest BCUT2D eigenvalue weighted by molar-refractivity contribution is 0.0743. The monoisotopic (exact) mass is 366 g/mol. The standard InChI is InChI=1S/C23H30N2O2/c1-14-4-5-19-18(10-14)17-7-9-24-23(22(17)25-19)8-6-15-11-20(26-2)21(27-3)12-16(15)13-23/h10,12,20,24-25H,4-9,11,13H2,1-3H3. The number of ether oxygens (including phenoxy) is 2. The van der Waals surface area contributed by atoms with E-state index in [1.165, 1.54) is 34.5 Å². The molecule has 4 heteroatoms. The molecule has 1 aromatic heterocycles. The average molecular weight is 367 g/mol. The number of fused-ring (bicyclic) bond motifs is 4. The summed E-state index contributed by atoms with van der Waals surface area (Å²) < 4.78 is 11.3. The van der Waals surface area contributed by atoms with E-state index < -0.39 is 0 Å². The van der Waals surface area contributed by atoms with Crippen LogP contribution in [-0.2, 0) is 27.9 Å². The van der Waals surface area contributed by atoms with Crippen LogP contribution in [-0.4, -0.2) is 31.9 Å². The smallest absolute Gasteiger partial charge is 0.125 e. The summed E-state index contributed by atoms with van der Waals surface area (Å²) in [5.41, 5.74) is 10.5. The predicted octanol–water partition coefficient (Wildman–Crippen LogP) is 4.13. The molecule has 144 valence electrons. The van der Waals surface area contributed by atoms with Gasteiger partial charge in [-0.15, -0.1) is 0 Å². The highest BCUT2D eigenvalue weighted by molar-refractivity contribution is 5.65. The van der Waals surface area contributed by atoms with E-state index in [4.69, 9.17) is 9.47 Å². The summed E-state index contributed by atoms with van der Waals surface area (Å²) in [4.78, 5) is 3.87. The second kappa shape index (κ2) is 6.39. The molecule has 4 aliphatic rings. The predicted molar refractivity (Wildman–Crippen MR) is 108 cm³/mol. The summed E-state index contributed by atoms with van der Waals surface area (Å²) in [5.74, 6) is 0.966. The van der Waals surface area contributed by atoms with Crippen molar-refractivity contribution in [2.24, 2.45) is 0 Å². The number of hydrogen-bond donors (Lipinski definition) is 2. The van der Waals surface area contributed by atoms with E-state index in [9.17, 15) is 0 Å². The lowest BCUT2D eigenvalue weighted by atomic mass is 9.70. The van der Waals surface area contributed by atoms with Gasteiger partial charge in [-0.05, 0) is 68.2 Å². The van der Waals surface area contributed by atoms with Gasteiger partial charge in [-0.1, -0.05) is 17.2 Å². The second-order valence-corrected chi connectivity index (χ2v) is 8.61. The Kier molecular flexibility index (Phi) is 4.10. The van der Waals surface area contributed by atoms with E-state index in [-0.39, 0.29) is 11.6 Å². The average Bonchev–Trinajstić information content (AvgIpc) is 3.06. The number of rotatable bonds is 2. The third kappa shape index (κ3) is 2.65. The van der Waals surface area contributed by atoms with Crippen molar-refractivity contribution >= 4 is 6.08 Å². The van der Waals surface area contributed by atoms with E-state index in [1.807, 2.05) is 0 Å². The first-order chi connectivity index (χ1) is 13.1. The van der Waals surface area contributed by atoms with Crippen molar-refractivity contribution in [3.8, 4) is 0 Å². The first-order valence-electron chi connectivity index (χ1n) is 10.3. The third-order valence-electron chi connectivity index (χ3n) is 7.09. The first-order valence-corrected chi connectivity index (χ1v) is 10.3. The molecule has 0 aromatic carbocycles. The highest BCUT2D eigenvalue weighted by atomic mass is 16.5. The minimum absolute atomic E-state index is 0.0424. The van der Waals surface area contributed by atoms with Gasteiger partial charge >= 0.3 is 0 Å². The van der Waals surface area contributed by atoms with Crippen LogP contribution in [0, 0.1) is 0 Å². The van der Waals surface area contributed by atoms with Crippen LogP contribution in [0.5, 0.6) is 0 Å². The van der Waals surface area contributed by atoms with E-state index >= 15 is 0 Å². The Balaban J connectivity index is 1.54. The molecule has 4 nitrogen and oxygen atoms in total. The molecule has 0 radical (unpaired) electrons. The van der Waals surface area contributed by atoms with Gasteiger partial charge < -0.3 is 19.8 Å². The Morgan fingerprint density at radius 1 is 1.11 bits per heavy atom. The number of aromatic nitrogens is 1. The Labute approximate surface area is 161 Å². The van der Waals surface area contributed by atoms with E-state index in [2.05, 4.69) is 29.4 Å². The second-order valence-electron chi connectivity index (χ2n) is 8.61. The lowest BCUT2D eigenvalue weighted by Crippen LogP contribution is -2.49. The zero-order valence-electron chi connectivity index (χ0n) is 16.7. The number of aryl methyl sites for hydroxylation is 1. The minimum atomic E-state index is 0.0424. The van der Waals surface area contributed by atoms with Gasteiger partial charge in [0.05, 0.1) is 12.6 Å². The summed E-state index contributed by atoms with van der Waals surface area (Å²) in [6.07, 6.45) is 12.5. The Morgan fingerprint density at radius 2 is 2.00 bits per heavy atom. The van der Waals surface area contributed by atoms with Crippen molar-refractivity contribution in [2.45, 2.75) is 63.5 Å². The maximum Gasteiger partial charge on any atom is 0.125 e. The number of allylic oxidation sites excluding steroid dienone is 2.